The number of carbonyl (C=O) groups is 1. The Hall–Kier alpha value is -1.39. The monoisotopic (exact) mass is 195 g/mol. The van der Waals surface area contributed by atoms with E-state index in [9.17, 15) is 9.90 Å². The van der Waals surface area contributed by atoms with Gasteiger partial charge in [-0.3, -0.25) is 4.79 Å². The molecule has 0 bridgehead atoms. The maximum Gasteiger partial charge on any atom is 0.326 e. The van der Waals surface area contributed by atoms with E-state index in [-0.39, 0.29) is 0 Å². The molecule has 0 radical (unpaired) electrons. The van der Waals surface area contributed by atoms with Crippen LogP contribution in [0.1, 0.15) is 18.6 Å². The molecular weight excluding hydrogens is 182 g/mol. The minimum Gasteiger partial charge on any atom is -0.480 e. The predicted octanol–water partition coefficient (Wildman–Crippen LogP) is 0.522. The van der Waals surface area contributed by atoms with Crippen molar-refractivity contribution in [3.05, 3.63) is 35.9 Å². The van der Waals surface area contributed by atoms with Gasteiger partial charge in [-0.1, -0.05) is 30.3 Å². The summed E-state index contributed by atoms with van der Waals surface area (Å²) in [6, 6.07) is 8.50. The van der Waals surface area contributed by atoms with E-state index < -0.39 is 17.6 Å². The summed E-state index contributed by atoms with van der Waals surface area (Å²) in [5, 5.41) is 18.5. The first-order valence-electron chi connectivity index (χ1n) is 4.21. The fourth-order valence-corrected chi connectivity index (χ4v) is 1.10. The van der Waals surface area contributed by atoms with Crippen LogP contribution in [0.4, 0.5) is 0 Å². The lowest BCUT2D eigenvalue weighted by Gasteiger charge is -2.25. The van der Waals surface area contributed by atoms with Gasteiger partial charge in [-0.15, -0.1) is 0 Å². The van der Waals surface area contributed by atoms with Crippen molar-refractivity contribution in [2.75, 3.05) is 0 Å². The zero-order valence-corrected chi connectivity index (χ0v) is 7.84. The molecule has 0 saturated carbocycles. The Morgan fingerprint density at radius 1 is 1.43 bits per heavy atom. The van der Waals surface area contributed by atoms with Gasteiger partial charge < -0.3 is 15.9 Å². The third-order valence-corrected chi connectivity index (χ3v) is 2.14. The van der Waals surface area contributed by atoms with Gasteiger partial charge >= 0.3 is 5.97 Å². The minimum absolute atomic E-state index is 0.500. The quantitative estimate of drug-likeness (QED) is 0.656. The Bertz CT molecular complexity index is 321. The highest BCUT2D eigenvalue weighted by Crippen LogP contribution is 2.23. The molecule has 0 unspecified atom stereocenters. The highest BCUT2D eigenvalue weighted by molar-refractivity contribution is 5.79. The number of aliphatic carboxylic acids is 1. The normalized spacial score (nSPS) is 17.1. The molecule has 76 valence electrons. The summed E-state index contributed by atoms with van der Waals surface area (Å²) in [5.41, 5.74) is 4.32. The van der Waals surface area contributed by atoms with Crippen LogP contribution in [0, 0.1) is 0 Å². The topological polar surface area (TPSA) is 83.6 Å². The molecule has 1 aromatic carbocycles. The Kier molecular flexibility index (Phi) is 2.88. The van der Waals surface area contributed by atoms with Crippen LogP contribution in [0.15, 0.2) is 30.3 Å². The minimum atomic E-state index is -1.67. The second-order valence-electron chi connectivity index (χ2n) is 3.40. The Morgan fingerprint density at radius 3 is 2.36 bits per heavy atom. The van der Waals surface area contributed by atoms with Gasteiger partial charge in [-0.25, -0.2) is 0 Å². The summed E-state index contributed by atoms with van der Waals surface area (Å²) in [4.78, 5) is 10.8. The molecule has 0 fully saturated rings. The first kappa shape index (κ1) is 10.7. The average molecular weight is 195 g/mol. The zero-order valence-electron chi connectivity index (χ0n) is 7.84. The number of rotatable bonds is 3. The third-order valence-electron chi connectivity index (χ3n) is 2.14. The van der Waals surface area contributed by atoms with Gasteiger partial charge in [0.25, 0.3) is 0 Å². The molecule has 0 saturated heterocycles. The van der Waals surface area contributed by atoms with Gasteiger partial charge in [0.15, 0.2) is 0 Å². The number of aliphatic hydroxyl groups excluding tert-OH is 1. The lowest BCUT2D eigenvalue weighted by molar-refractivity contribution is -0.147. The van der Waals surface area contributed by atoms with Crippen molar-refractivity contribution in [3.8, 4) is 0 Å². The lowest BCUT2D eigenvalue weighted by Crippen LogP contribution is -2.50. The molecule has 14 heavy (non-hydrogen) atoms. The molecule has 0 aliphatic heterocycles. The predicted molar refractivity (Wildman–Crippen MR) is 51.6 cm³/mol. The molecule has 4 nitrogen and oxygen atoms in total. The Morgan fingerprint density at radius 2 is 1.93 bits per heavy atom. The fraction of sp³-hybridized carbons (Fsp3) is 0.300. The van der Waals surface area contributed by atoms with E-state index in [0.29, 0.717) is 5.56 Å². The number of hydrogen-bond donors (Lipinski definition) is 3. The van der Waals surface area contributed by atoms with Gasteiger partial charge in [-0.05, 0) is 12.5 Å². The second-order valence-corrected chi connectivity index (χ2v) is 3.40. The van der Waals surface area contributed by atoms with E-state index in [4.69, 9.17) is 10.8 Å². The van der Waals surface area contributed by atoms with E-state index >= 15 is 0 Å². The standard InChI is InChI=1S/C10H13NO3/c1-10(11,9(13)14)8(12)7-5-3-2-4-6-7/h2-6,8,12H,11H2,1H3,(H,13,14)/t8-,10-/m1/s1. The summed E-state index contributed by atoms with van der Waals surface area (Å²) < 4.78 is 0. The maximum absolute atomic E-state index is 10.8. The molecule has 0 aliphatic carbocycles. The molecule has 0 aromatic heterocycles. The van der Waals surface area contributed by atoms with Crippen LogP contribution in [-0.2, 0) is 4.79 Å². The molecule has 1 aromatic rings. The van der Waals surface area contributed by atoms with E-state index in [1.807, 2.05) is 0 Å². The van der Waals surface area contributed by atoms with Crippen molar-refractivity contribution < 1.29 is 15.0 Å². The molecule has 2 atom stereocenters. The number of carboxylic acids is 1. The van der Waals surface area contributed by atoms with Gasteiger partial charge in [0.05, 0.1) is 0 Å². The number of nitrogens with two attached hydrogens (primary N) is 1. The Balaban J connectivity index is 2.96. The van der Waals surface area contributed by atoms with Gasteiger partial charge in [0.1, 0.15) is 11.6 Å². The van der Waals surface area contributed by atoms with Gasteiger partial charge in [0, 0.05) is 0 Å². The molecule has 0 aliphatic rings. The van der Waals surface area contributed by atoms with Crippen LogP contribution in [0.25, 0.3) is 0 Å². The van der Waals surface area contributed by atoms with Crippen molar-refractivity contribution in [1.82, 2.24) is 0 Å². The first-order valence-corrected chi connectivity index (χ1v) is 4.21. The summed E-state index contributed by atoms with van der Waals surface area (Å²) in [6.45, 7) is 1.28. The smallest absolute Gasteiger partial charge is 0.326 e. The van der Waals surface area contributed by atoms with Crippen molar-refractivity contribution in [2.45, 2.75) is 18.6 Å². The molecule has 0 heterocycles. The Labute approximate surface area is 82.0 Å². The highest BCUT2D eigenvalue weighted by atomic mass is 16.4. The third kappa shape index (κ3) is 1.92. The summed E-state index contributed by atoms with van der Waals surface area (Å²) in [5.74, 6) is -1.23. The number of benzene rings is 1. The molecule has 4 N–H and O–H groups in total. The van der Waals surface area contributed by atoms with E-state index in [0.717, 1.165) is 0 Å². The summed E-state index contributed by atoms with van der Waals surface area (Å²) in [6.07, 6.45) is -1.21. The van der Waals surface area contributed by atoms with E-state index in [2.05, 4.69) is 0 Å². The fourth-order valence-electron chi connectivity index (χ4n) is 1.10. The number of hydrogen-bond acceptors (Lipinski definition) is 3. The van der Waals surface area contributed by atoms with E-state index in [1.54, 1.807) is 30.3 Å². The van der Waals surface area contributed by atoms with Crippen LogP contribution in [-0.4, -0.2) is 21.7 Å². The SMILES string of the molecule is C[C@](N)(C(=O)O)[C@H](O)c1ccccc1. The first-order chi connectivity index (χ1) is 6.46. The molecule has 0 spiro atoms. The van der Waals surface area contributed by atoms with Crippen LogP contribution < -0.4 is 5.73 Å². The van der Waals surface area contributed by atoms with Crippen molar-refractivity contribution >= 4 is 5.97 Å². The highest BCUT2D eigenvalue weighted by Gasteiger charge is 2.37. The molecule has 0 amide bonds. The average Bonchev–Trinajstić information content (AvgIpc) is 2.17. The van der Waals surface area contributed by atoms with Gasteiger partial charge in [0.2, 0.25) is 0 Å². The number of carboxylic acid groups (broad SMARTS) is 1. The van der Waals surface area contributed by atoms with Crippen molar-refractivity contribution in [3.63, 3.8) is 0 Å². The largest absolute Gasteiger partial charge is 0.480 e. The van der Waals surface area contributed by atoms with Gasteiger partial charge in [-0.2, -0.15) is 0 Å². The number of aliphatic hydroxyl groups is 1. The van der Waals surface area contributed by atoms with Crippen LogP contribution in [0.3, 0.4) is 0 Å². The van der Waals surface area contributed by atoms with Crippen molar-refractivity contribution in [2.24, 2.45) is 5.73 Å². The van der Waals surface area contributed by atoms with Crippen LogP contribution in [0.2, 0.25) is 0 Å². The van der Waals surface area contributed by atoms with Crippen LogP contribution >= 0.6 is 0 Å². The lowest BCUT2D eigenvalue weighted by atomic mass is 9.91. The molecule has 1 rings (SSSR count). The molecular formula is C10H13NO3. The summed E-state index contributed by atoms with van der Waals surface area (Å²) >= 11 is 0. The maximum atomic E-state index is 10.8. The molecule has 4 heteroatoms. The van der Waals surface area contributed by atoms with E-state index in [1.165, 1.54) is 6.92 Å². The van der Waals surface area contributed by atoms with Crippen molar-refractivity contribution in [1.29, 1.82) is 0 Å². The second kappa shape index (κ2) is 3.77. The van der Waals surface area contributed by atoms with Crippen LogP contribution in [0.5, 0.6) is 0 Å². The zero-order chi connectivity index (χ0) is 10.8. The summed E-state index contributed by atoms with van der Waals surface area (Å²) in [7, 11) is 0.